The first kappa shape index (κ1) is 18.9. The zero-order chi connectivity index (χ0) is 21.9. The molecular formula is C30H19IN2. The molecule has 3 heteroatoms. The summed E-state index contributed by atoms with van der Waals surface area (Å²) in [6.07, 6.45) is 0. The minimum atomic E-state index is 1.18. The highest BCUT2D eigenvalue weighted by atomic mass is 127. The highest BCUT2D eigenvalue weighted by Crippen LogP contribution is 2.41. The van der Waals surface area contributed by atoms with Gasteiger partial charge in [-0.2, -0.15) is 0 Å². The lowest BCUT2D eigenvalue weighted by Gasteiger charge is -2.10. The van der Waals surface area contributed by atoms with E-state index in [9.17, 15) is 0 Å². The van der Waals surface area contributed by atoms with E-state index in [1.807, 2.05) is 0 Å². The predicted octanol–water partition coefficient (Wildman–Crippen LogP) is 8.76. The number of halogens is 1. The van der Waals surface area contributed by atoms with Crippen molar-refractivity contribution in [3.63, 3.8) is 0 Å². The summed E-state index contributed by atoms with van der Waals surface area (Å²) in [6.45, 7) is 0. The fourth-order valence-corrected chi connectivity index (χ4v) is 6.03. The lowest BCUT2D eigenvalue weighted by Crippen LogP contribution is -1.94. The maximum Gasteiger partial charge on any atom is 0.0646 e. The average molecular weight is 534 g/mol. The summed E-state index contributed by atoms with van der Waals surface area (Å²) in [4.78, 5) is 0. The molecule has 0 bridgehead atoms. The zero-order valence-corrected chi connectivity index (χ0v) is 19.9. The second-order valence-corrected chi connectivity index (χ2v) is 9.39. The van der Waals surface area contributed by atoms with Crippen LogP contribution in [0.15, 0.2) is 115 Å². The highest BCUT2D eigenvalue weighted by Gasteiger charge is 2.19. The molecule has 0 saturated heterocycles. The van der Waals surface area contributed by atoms with E-state index in [0.717, 1.165) is 0 Å². The second-order valence-electron chi connectivity index (χ2n) is 8.42. The Bertz CT molecular complexity index is 1820. The van der Waals surface area contributed by atoms with Gasteiger partial charge in [0.2, 0.25) is 0 Å². The maximum atomic E-state index is 2.43. The van der Waals surface area contributed by atoms with Gasteiger partial charge in [-0.05, 0) is 47.5 Å². The van der Waals surface area contributed by atoms with E-state index in [0.29, 0.717) is 0 Å². The minimum Gasteiger partial charge on any atom is -0.309 e. The zero-order valence-electron chi connectivity index (χ0n) is 17.7. The van der Waals surface area contributed by atoms with Crippen molar-refractivity contribution in [3.05, 3.63) is 115 Å². The number of hydrogen-bond donors (Lipinski definition) is 0. The molecule has 156 valence electrons. The topological polar surface area (TPSA) is 9.86 Å². The van der Waals surface area contributed by atoms with Gasteiger partial charge in [0.1, 0.15) is 0 Å². The van der Waals surface area contributed by atoms with Crippen LogP contribution in [0.1, 0.15) is 0 Å². The molecule has 7 aromatic rings. The van der Waals surface area contributed by atoms with Gasteiger partial charge in [-0.15, -0.1) is 0 Å². The van der Waals surface area contributed by atoms with Crippen LogP contribution in [0.4, 0.5) is 0 Å². The fourth-order valence-electron chi connectivity index (χ4n) is 5.21. The molecule has 0 aliphatic rings. The van der Waals surface area contributed by atoms with Crippen LogP contribution < -0.4 is 0 Å². The Morgan fingerprint density at radius 3 is 1.88 bits per heavy atom. The monoisotopic (exact) mass is 534 g/mol. The molecule has 5 aromatic carbocycles. The lowest BCUT2D eigenvalue weighted by molar-refractivity contribution is 1.18. The van der Waals surface area contributed by atoms with Crippen LogP contribution in [0.5, 0.6) is 0 Å². The summed E-state index contributed by atoms with van der Waals surface area (Å²) >= 11 is 2.43. The Balaban J connectivity index is 1.63. The van der Waals surface area contributed by atoms with Gasteiger partial charge in [-0.3, -0.25) is 2.78 Å². The molecule has 0 saturated carbocycles. The fraction of sp³-hybridized carbons (Fsp3) is 0. The number of fused-ring (bicyclic) bond motifs is 7. The molecule has 0 unspecified atom stereocenters. The molecule has 0 spiro atoms. The summed E-state index contributed by atoms with van der Waals surface area (Å²) in [6, 6.07) is 41.5. The van der Waals surface area contributed by atoms with Crippen LogP contribution in [-0.2, 0) is 0 Å². The van der Waals surface area contributed by atoms with Crippen molar-refractivity contribution >= 4 is 66.5 Å². The summed E-state index contributed by atoms with van der Waals surface area (Å²) in [5.74, 6) is 0. The molecule has 7 rings (SSSR count). The van der Waals surface area contributed by atoms with E-state index in [1.165, 1.54) is 60.4 Å². The van der Waals surface area contributed by atoms with Gasteiger partial charge in [-0.25, -0.2) is 0 Å². The van der Waals surface area contributed by atoms with Crippen molar-refractivity contribution in [1.82, 2.24) is 7.35 Å². The summed E-state index contributed by atoms with van der Waals surface area (Å²) in [5.41, 5.74) is 8.62. The van der Waals surface area contributed by atoms with Crippen molar-refractivity contribution in [2.24, 2.45) is 0 Å². The van der Waals surface area contributed by atoms with Gasteiger partial charge in [0.15, 0.2) is 0 Å². The number of nitrogens with zero attached hydrogens (tertiary/aromatic N) is 2. The number of rotatable bonds is 2. The van der Waals surface area contributed by atoms with E-state index in [-0.39, 0.29) is 0 Å². The summed E-state index contributed by atoms with van der Waals surface area (Å²) in [5, 5.41) is 5.23. The van der Waals surface area contributed by atoms with Crippen LogP contribution in [-0.4, -0.2) is 7.35 Å². The molecule has 0 aliphatic carbocycles. The summed E-state index contributed by atoms with van der Waals surface area (Å²) < 4.78 is 4.69. The van der Waals surface area contributed by atoms with Crippen molar-refractivity contribution in [3.8, 4) is 16.8 Å². The van der Waals surface area contributed by atoms with Gasteiger partial charge in [0.05, 0.1) is 44.9 Å². The Morgan fingerprint density at radius 2 is 1.06 bits per heavy atom. The normalized spacial score (nSPS) is 11.8. The molecule has 0 fully saturated rings. The van der Waals surface area contributed by atoms with Gasteiger partial charge < -0.3 is 4.57 Å². The number of benzene rings is 5. The molecule has 0 amide bonds. The van der Waals surface area contributed by atoms with Crippen molar-refractivity contribution in [1.29, 1.82) is 0 Å². The van der Waals surface area contributed by atoms with Crippen LogP contribution in [0.3, 0.4) is 0 Å². The van der Waals surface area contributed by atoms with Crippen molar-refractivity contribution < 1.29 is 0 Å². The smallest absolute Gasteiger partial charge is 0.0646 e. The lowest BCUT2D eigenvalue weighted by atomic mass is 10.0. The van der Waals surface area contributed by atoms with Gasteiger partial charge in [0, 0.05) is 27.2 Å². The van der Waals surface area contributed by atoms with Gasteiger partial charge in [-0.1, -0.05) is 78.9 Å². The van der Waals surface area contributed by atoms with E-state index in [4.69, 9.17) is 0 Å². The maximum absolute atomic E-state index is 2.43. The van der Waals surface area contributed by atoms with Crippen molar-refractivity contribution in [2.45, 2.75) is 0 Å². The SMILES string of the molecule is In1c2ccccc2c2c3c4ccccc4n(-c4cccc(-c5ccccc5)c4)c3ccc21. The van der Waals surface area contributed by atoms with Crippen LogP contribution in [0, 0.1) is 0 Å². The largest absolute Gasteiger partial charge is 0.309 e. The van der Waals surface area contributed by atoms with Gasteiger partial charge >= 0.3 is 0 Å². The molecular weight excluding hydrogens is 515 g/mol. The molecule has 2 nitrogen and oxygen atoms in total. The second kappa shape index (κ2) is 7.22. The average Bonchev–Trinajstić information content (AvgIpc) is 3.37. The molecule has 2 heterocycles. The highest BCUT2D eigenvalue weighted by molar-refractivity contribution is 14.1. The van der Waals surface area contributed by atoms with E-state index >= 15 is 0 Å². The van der Waals surface area contributed by atoms with Crippen molar-refractivity contribution in [2.75, 3.05) is 0 Å². The third-order valence-corrected chi connectivity index (χ3v) is 7.66. The first-order chi connectivity index (χ1) is 16.3. The molecule has 0 N–H and O–H groups in total. The third-order valence-electron chi connectivity index (χ3n) is 6.62. The Labute approximate surface area is 205 Å². The third kappa shape index (κ3) is 2.72. The van der Waals surface area contributed by atoms with Gasteiger partial charge in [0.25, 0.3) is 0 Å². The Hall–Kier alpha value is -3.57. The van der Waals surface area contributed by atoms with Crippen LogP contribution >= 0.6 is 22.9 Å². The Morgan fingerprint density at radius 1 is 0.455 bits per heavy atom. The Kier molecular flexibility index (Phi) is 4.15. The van der Waals surface area contributed by atoms with E-state index in [2.05, 4.69) is 145 Å². The molecule has 2 aromatic heterocycles. The molecule has 33 heavy (non-hydrogen) atoms. The van der Waals surface area contributed by atoms with E-state index < -0.39 is 0 Å². The van der Waals surface area contributed by atoms with E-state index in [1.54, 1.807) is 0 Å². The number of aromatic nitrogens is 2. The minimum absolute atomic E-state index is 1.18. The van der Waals surface area contributed by atoms with Crippen LogP contribution in [0.2, 0.25) is 0 Å². The quantitative estimate of drug-likeness (QED) is 0.196. The first-order valence-electron chi connectivity index (χ1n) is 11.1. The predicted molar refractivity (Wildman–Crippen MR) is 149 cm³/mol. The summed E-state index contributed by atoms with van der Waals surface area (Å²) in [7, 11) is 0. The molecule has 0 radical (unpaired) electrons. The number of hydrogen-bond acceptors (Lipinski definition) is 0. The first-order valence-corrected chi connectivity index (χ1v) is 12.0. The number of para-hydroxylation sites is 2. The standard InChI is InChI=1S/C30H19IN2/c31-33-26-16-7-5-14-24(26)30-28(33)18-17-27-29(30)23-13-4-6-15-25(23)32(27)22-12-8-11-21(19-22)20-9-2-1-3-10-20/h1-19H. The molecule has 0 aliphatic heterocycles. The van der Waals surface area contributed by atoms with Crippen LogP contribution in [0.25, 0.3) is 60.4 Å². The molecule has 0 atom stereocenters.